The Hall–Kier alpha value is -2.00. The number of benzene rings is 1. The molecule has 0 fully saturated rings. The molecule has 0 aliphatic rings. The number of aryl methyl sites for hydroxylation is 1. The van der Waals surface area contributed by atoms with Crippen LogP contribution in [0.5, 0.6) is 5.75 Å². The van der Waals surface area contributed by atoms with Crippen LogP contribution in [0.15, 0.2) is 47.6 Å². The number of guanidine groups is 1. The van der Waals surface area contributed by atoms with E-state index in [2.05, 4.69) is 38.0 Å². The maximum absolute atomic E-state index is 6.29. The number of hydrogen-bond acceptors (Lipinski definition) is 3. The van der Waals surface area contributed by atoms with Crippen molar-refractivity contribution in [3.8, 4) is 5.75 Å². The molecule has 28 heavy (non-hydrogen) atoms. The van der Waals surface area contributed by atoms with Crippen molar-refractivity contribution in [2.45, 2.75) is 19.9 Å². The van der Waals surface area contributed by atoms with Crippen LogP contribution in [0.1, 0.15) is 17.0 Å². The number of pyridine rings is 1. The van der Waals surface area contributed by atoms with Gasteiger partial charge in [0.25, 0.3) is 0 Å². The second-order valence-electron chi connectivity index (χ2n) is 6.19. The monoisotopic (exact) mass is 513 g/mol. The van der Waals surface area contributed by atoms with E-state index in [0.717, 1.165) is 47.3 Å². The van der Waals surface area contributed by atoms with Crippen molar-refractivity contribution in [3.63, 3.8) is 0 Å². The molecule has 8 heteroatoms. The number of rotatable bonds is 6. The summed E-state index contributed by atoms with van der Waals surface area (Å²) in [7, 11) is 3.39. The lowest BCUT2D eigenvalue weighted by atomic mass is 10.1. The van der Waals surface area contributed by atoms with Crippen LogP contribution >= 0.6 is 35.6 Å². The molecule has 3 rings (SSSR count). The molecule has 0 aliphatic carbocycles. The van der Waals surface area contributed by atoms with Crippen molar-refractivity contribution in [2.75, 3.05) is 20.7 Å². The van der Waals surface area contributed by atoms with Gasteiger partial charge in [0.15, 0.2) is 5.96 Å². The number of aromatic nitrogens is 2. The molecule has 150 valence electrons. The highest BCUT2D eigenvalue weighted by molar-refractivity contribution is 14.0. The molecule has 0 aliphatic heterocycles. The third-order valence-corrected chi connectivity index (χ3v) is 4.71. The minimum Gasteiger partial charge on any atom is -0.497 e. The third-order valence-electron chi connectivity index (χ3n) is 4.35. The number of aliphatic imine (C=N–C) groups is 1. The number of nitrogens with one attached hydrogen (secondary N) is 2. The molecule has 0 spiro atoms. The lowest BCUT2D eigenvalue weighted by Crippen LogP contribution is -2.37. The Labute approximate surface area is 187 Å². The summed E-state index contributed by atoms with van der Waals surface area (Å²) < 4.78 is 7.26. The van der Waals surface area contributed by atoms with E-state index in [-0.39, 0.29) is 24.0 Å². The number of ether oxygens (including phenoxy) is 1. The quantitative estimate of drug-likeness (QED) is 0.299. The van der Waals surface area contributed by atoms with Crippen LogP contribution in [-0.2, 0) is 13.0 Å². The topological polar surface area (TPSA) is 63.0 Å². The van der Waals surface area contributed by atoms with Gasteiger partial charge in [-0.15, -0.1) is 24.0 Å². The van der Waals surface area contributed by atoms with Gasteiger partial charge >= 0.3 is 0 Å². The predicted molar refractivity (Wildman–Crippen MR) is 125 cm³/mol. The van der Waals surface area contributed by atoms with Crippen LogP contribution in [0.3, 0.4) is 0 Å². The third kappa shape index (κ3) is 5.51. The normalized spacial score (nSPS) is 11.2. The highest BCUT2D eigenvalue weighted by atomic mass is 127. The van der Waals surface area contributed by atoms with Gasteiger partial charge in [-0.05, 0) is 43.2 Å². The zero-order valence-electron chi connectivity index (χ0n) is 16.2. The number of nitrogens with zero attached hydrogens (tertiary/aromatic N) is 3. The van der Waals surface area contributed by atoms with E-state index in [0.29, 0.717) is 11.6 Å². The van der Waals surface area contributed by atoms with E-state index >= 15 is 0 Å². The zero-order chi connectivity index (χ0) is 19.2. The molecule has 3 aromatic rings. The van der Waals surface area contributed by atoms with Crippen molar-refractivity contribution in [2.24, 2.45) is 4.99 Å². The molecule has 2 heterocycles. The standard InChI is InChI=1S/C20H24ClN5O.HI/c1-14-5-4-6-19-25-16(13-26(14)19)12-24-20(22-2)23-10-9-15-7-8-17(27-3)11-18(15)21;/h4-8,11,13H,9-10,12H2,1-3H3,(H2,22,23,24);1H. The SMILES string of the molecule is CN=C(NCCc1ccc(OC)cc1Cl)NCc1cn2c(C)cccc2n1.I. The van der Waals surface area contributed by atoms with Crippen LogP contribution in [0, 0.1) is 6.92 Å². The Balaban J connectivity index is 0.00000280. The average molecular weight is 514 g/mol. The summed E-state index contributed by atoms with van der Waals surface area (Å²) in [6.07, 6.45) is 2.83. The van der Waals surface area contributed by atoms with Gasteiger partial charge in [0.05, 0.1) is 19.3 Å². The van der Waals surface area contributed by atoms with E-state index in [9.17, 15) is 0 Å². The Morgan fingerprint density at radius 1 is 1.25 bits per heavy atom. The van der Waals surface area contributed by atoms with Crippen LogP contribution in [-0.4, -0.2) is 36.0 Å². The summed E-state index contributed by atoms with van der Waals surface area (Å²) in [5, 5.41) is 7.31. The minimum absolute atomic E-state index is 0. The summed E-state index contributed by atoms with van der Waals surface area (Å²) in [6, 6.07) is 11.8. The van der Waals surface area contributed by atoms with Crippen molar-refractivity contribution in [1.82, 2.24) is 20.0 Å². The number of imidazole rings is 1. The molecule has 0 saturated heterocycles. The fourth-order valence-electron chi connectivity index (χ4n) is 2.85. The number of fused-ring (bicyclic) bond motifs is 1. The number of halogens is 2. The first-order valence-electron chi connectivity index (χ1n) is 8.81. The largest absolute Gasteiger partial charge is 0.497 e. The maximum atomic E-state index is 6.29. The molecule has 0 atom stereocenters. The average Bonchev–Trinajstić information content (AvgIpc) is 3.10. The van der Waals surface area contributed by atoms with Crippen LogP contribution in [0.4, 0.5) is 0 Å². The second-order valence-corrected chi connectivity index (χ2v) is 6.59. The highest BCUT2D eigenvalue weighted by Gasteiger charge is 2.06. The van der Waals surface area contributed by atoms with Crippen molar-refractivity contribution >= 4 is 47.2 Å². The molecule has 2 aromatic heterocycles. The van der Waals surface area contributed by atoms with Crippen LogP contribution in [0.2, 0.25) is 5.02 Å². The number of hydrogen-bond donors (Lipinski definition) is 2. The Bertz CT molecular complexity index is 957. The van der Waals surface area contributed by atoms with Gasteiger partial charge in [0, 0.05) is 30.5 Å². The van der Waals surface area contributed by atoms with Gasteiger partial charge in [-0.3, -0.25) is 4.99 Å². The van der Waals surface area contributed by atoms with Gasteiger partial charge in [-0.2, -0.15) is 0 Å². The molecule has 0 radical (unpaired) electrons. The molecule has 0 unspecified atom stereocenters. The van der Waals surface area contributed by atoms with Gasteiger partial charge in [0.2, 0.25) is 0 Å². The Morgan fingerprint density at radius 2 is 2.07 bits per heavy atom. The predicted octanol–water partition coefficient (Wildman–Crippen LogP) is 3.83. The van der Waals surface area contributed by atoms with E-state index in [1.807, 2.05) is 36.5 Å². The fourth-order valence-corrected chi connectivity index (χ4v) is 3.12. The van der Waals surface area contributed by atoms with Gasteiger partial charge in [-0.1, -0.05) is 23.7 Å². The first kappa shape index (κ1) is 22.3. The van der Waals surface area contributed by atoms with Gasteiger partial charge in [-0.25, -0.2) is 4.98 Å². The van der Waals surface area contributed by atoms with Crippen molar-refractivity contribution in [3.05, 3.63) is 64.6 Å². The fraction of sp³-hybridized carbons (Fsp3) is 0.300. The molecule has 0 bridgehead atoms. The van der Waals surface area contributed by atoms with E-state index < -0.39 is 0 Å². The van der Waals surface area contributed by atoms with Gasteiger partial charge in [0.1, 0.15) is 11.4 Å². The zero-order valence-corrected chi connectivity index (χ0v) is 19.3. The van der Waals surface area contributed by atoms with Crippen LogP contribution in [0.25, 0.3) is 5.65 Å². The molecule has 0 amide bonds. The molecular formula is C20H25ClIN5O. The first-order valence-corrected chi connectivity index (χ1v) is 9.19. The summed E-state index contributed by atoms with van der Waals surface area (Å²) in [5.41, 5.74) is 4.13. The smallest absolute Gasteiger partial charge is 0.191 e. The number of methoxy groups -OCH3 is 1. The molecular weight excluding hydrogens is 489 g/mol. The Morgan fingerprint density at radius 3 is 2.75 bits per heavy atom. The molecule has 2 N–H and O–H groups in total. The van der Waals surface area contributed by atoms with Crippen LogP contribution < -0.4 is 15.4 Å². The summed E-state index contributed by atoms with van der Waals surface area (Å²) >= 11 is 6.29. The second kappa shape index (κ2) is 10.5. The Kier molecular flexibility index (Phi) is 8.37. The first-order chi connectivity index (χ1) is 13.1. The lowest BCUT2D eigenvalue weighted by molar-refractivity contribution is 0.414. The van der Waals surface area contributed by atoms with E-state index in [4.69, 9.17) is 16.3 Å². The summed E-state index contributed by atoms with van der Waals surface area (Å²) in [4.78, 5) is 8.89. The molecule has 0 saturated carbocycles. The maximum Gasteiger partial charge on any atom is 0.191 e. The summed E-state index contributed by atoms with van der Waals surface area (Å²) in [6.45, 7) is 3.39. The lowest BCUT2D eigenvalue weighted by Gasteiger charge is -2.12. The summed E-state index contributed by atoms with van der Waals surface area (Å²) in [5.74, 6) is 1.49. The minimum atomic E-state index is 0. The van der Waals surface area contributed by atoms with E-state index in [1.54, 1.807) is 14.2 Å². The molecule has 6 nitrogen and oxygen atoms in total. The van der Waals surface area contributed by atoms with E-state index in [1.165, 1.54) is 0 Å². The highest BCUT2D eigenvalue weighted by Crippen LogP contribution is 2.22. The van der Waals surface area contributed by atoms with Crippen molar-refractivity contribution < 1.29 is 4.74 Å². The van der Waals surface area contributed by atoms with Gasteiger partial charge < -0.3 is 19.8 Å². The molecule has 1 aromatic carbocycles. The van der Waals surface area contributed by atoms with Crippen molar-refractivity contribution in [1.29, 1.82) is 0 Å².